The molecule has 3 N–H and O–H groups in total. The van der Waals surface area contributed by atoms with Crippen LogP contribution in [0.1, 0.15) is 33.3 Å². The van der Waals surface area contributed by atoms with E-state index in [9.17, 15) is 0 Å². The molecule has 0 saturated carbocycles. The molecule has 6 heteroatoms. The number of guanidine groups is 1. The van der Waals surface area contributed by atoms with E-state index in [1.54, 1.807) is 0 Å². The number of hydrogen-bond donors (Lipinski definition) is 3. The molecular weight excluding hydrogens is 437 g/mol. The van der Waals surface area contributed by atoms with Gasteiger partial charge >= 0.3 is 0 Å². The molecule has 2 rings (SSSR count). The number of aliphatic imine (C=N–C) groups is 1. The van der Waals surface area contributed by atoms with Crippen molar-refractivity contribution in [2.24, 2.45) is 4.99 Å². The topological polar surface area (TPSA) is 55.5 Å². The van der Waals surface area contributed by atoms with Crippen LogP contribution >= 0.6 is 24.0 Å². The van der Waals surface area contributed by atoms with Crippen molar-refractivity contribution in [2.45, 2.75) is 40.2 Å². The van der Waals surface area contributed by atoms with Crippen LogP contribution in [0.15, 0.2) is 35.5 Å². The molecule has 0 aliphatic heterocycles. The minimum absolute atomic E-state index is 0. The van der Waals surface area contributed by atoms with E-state index in [1.807, 2.05) is 0 Å². The van der Waals surface area contributed by atoms with Gasteiger partial charge < -0.3 is 15.6 Å². The Labute approximate surface area is 175 Å². The zero-order chi connectivity index (χ0) is 18.1. The first-order valence-corrected chi connectivity index (χ1v) is 9.50. The van der Waals surface area contributed by atoms with Crippen molar-refractivity contribution in [1.82, 2.24) is 20.5 Å². The lowest BCUT2D eigenvalue weighted by molar-refractivity contribution is 0.237. The smallest absolute Gasteiger partial charge is 0.191 e. The number of benzene rings is 1. The summed E-state index contributed by atoms with van der Waals surface area (Å²) in [6.45, 7) is 13.4. The van der Waals surface area contributed by atoms with Gasteiger partial charge in [-0.2, -0.15) is 0 Å². The molecule has 1 aromatic heterocycles. The van der Waals surface area contributed by atoms with Crippen LogP contribution in [0, 0.1) is 0 Å². The van der Waals surface area contributed by atoms with Gasteiger partial charge in [-0.15, -0.1) is 24.0 Å². The third-order valence-corrected chi connectivity index (χ3v) is 4.66. The molecule has 1 unspecified atom stereocenters. The van der Waals surface area contributed by atoms with Crippen LogP contribution in [0.4, 0.5) is 0 Å². The summed E-state index contributed by atoms with van der Waals surface area (Å²) in [5, 5.41) is 8.11. The molecule has 0 spiro atoms. The summed E-state index contributed by atoms with van der Waals surface area (Å²) in [5.41, 5.74) is 2.54. The van der Waals surface area contributed by atoms with Gasteiger partial charge in [-0.3, -0.25) is 9.89 Å². The summed E-state index contributed by atoms with van der Waals surface area (Å²) in [4.78, 5) is 10.5. The first-order chi connectivity index (χ1) is 12.2. The number of halogens is 1. The number of hydrogen-bond acceptors (Lipinski definition) is 2. The highest BCUT2D eigenvalue weighted by Gasteiger charge is 2.09. The number of nitrogens with one attached hydrogen (secondary N) is 3. The molecule has 1 aromatic carbocycles. The standard InChI is InChI=1S/C20H33N5.HI/c1-5-21-20(24-14-16(4)25(6-2)7-3)22-13-12-17-15-23-19-11-9-8-10-18(17)19;/h8-11,15-16,23H,5-7,12-14H2,1-4H3,(H2,21,22,24);1H. The van der Waals surface area contributed by atoms with Crippen molar-refractivity contribution in [2.75, 3.05) is 32.7 Å². The SMILES string of the molecule is CCNC(=NCC(C)N(CC)CC)NCCc1c[nH]c2ccccc12.I. The van der Waals surface area contributed by atoms with E-state index in [2.05, 4.69) is 78.7 Å². The Morgan fingerprint density at radius 1 is 1.15 bits per heavy atom. The van der Waals surface area contributed by atoms with Gasteiger partial charge in [0.15, 0.2) is 5.96 Å². The monoisotopic (exact) mass is 471 g/mol. The zero-order valence-electron chi connectivity index (χ0n) is 16.5. The van der Waals surface area contributed by atoms with Gasteiger partial charge in [0.25, 0.3) is 0 Å². The van der Waals surface area contributed by atoms with Gasteiger partial charge in [0.2, 0.25) is 0 Å². The van der Waals surface area contributed by atoms with Gasteiger partial charge in [0.1, 0.15) is 0 Å². The summed E-state index contributed by atoms with van der Waals surface area (Å²) >= 11 is 0. The fraction of sp³-hybridized carbons (Fsp3) is 0.550. The molecule has 146 valence electrons. The number of nitrogens with zero attached hydrogens (tertiary/aromatic N) is 2. The number of likely N-dealkylation sites (N-methyl/N-ethyl adjacent to an activating group) is 1. The van der Waals surface area contributed by atoms with E-state index >= 15 is 0 Å². The maximum Gasteiger partial charge on any atom is 0.191 e. The highest BCUT2D eigenvalue weighted by molar-refractivity contribution is 14.0. The van der Waals surface area contributed by atoms with E-state index in [0.29, 0.717) is 6.04 Å². The number of para-hydroxylation sites is 1. The van der Waals surface area contributed by atoms with Crippen LogP contribution in [0.5, 0.6) is 0 Å². The van der Waals surface area contributed by atoms with Crippen molar-refractivity contribution in [1.29, 1.82) is 0 Å². The lowest BCUT2D eigenvalue weighted by Gasteiger charge is -2.25. The van der Waals surface area contributed by atoms with Crippen LogP contribution in [-0.2, 0) is 6.42 Å². The molecule has 0 saturated heterocycles. The van der Waals surface area contributed by atoms with Crippen molar-refractivity contribution in [3.05, 3.63) is 36.0 Å². The molecular formula is C20H34IN5. The quantitative estimate of drug-likeness (QED) is 0.298. The number of fused-ring (bicyclic) bond motifs is 1. The van der Waals surface area contributed by atoms with E-state index < -0.39 is 0 Å². The lowest BCUT2D eigenvalue weighted by Crippen LogP contribution is -2.40. The molecule has 0 amide bonds. The first-order valence-electron chi connectivity index (χ1n) is 9.50. The molecule has 5 nitrogen and oxygen atoms in total. The van der Waals surface area contributed by atoms with Gasteiger partial charge in [-0.25, -0.2) is 0 Å². The van der Waals surface area contributed by atoms with Crippen molar-refractivity contribution in [3.63, 3.8) is 0 Å². The lowest BCUT2D eigenvalue weighted by atomic mass is 10.1. The zero-order valence-corrected chi connectivity index (χ0v) is 18.8. The van der Waals surface area contributed by atoms with Crippen molar-refractivity contribution >= 4 is 40.8 Å². The summed E-state index contributed by atoms with van der Waals surface area (Å²) in [7, 11) is 0. The Hall–Kier alpha value is -1.28. The highest BCUT2D eigenvalue weighted by atomic mass is 127. The molecule has 0 fully saturated rings. The second kappa shape index (κ2) is 12.2. The van der Waals surface area contributed by atoms with E-state index in [1.165, 1.54) is 16.5 Å². The fourth-order valence-electron chi connectivity index (χ4n) is 3.18. The summed E-state index contributed by atoms with van der Waals surface area (Å²) in [6.07, 6.45) is 3.08. The molecule has 1 heterocycles. The van der Waals surface area contributed by atoms with Crippen molar-refractivity contribution < 1.29 is 0 Å². The second-order valence-corrected chi connectivity index (χ2v) is 6.33. The van der Waals surface area contributed by atoms with Gasteiger partial charge in [-0.05, 0) is 45.0 Å². The van der Waals surface area contributed by atoms with Gasteiger partial charge in [0, 0.05) is 36.2 Å². The second-order valence-electron chi connectivity index (χ2n) is 6.33. The fourth-order valence-corrected chi connectivity index (χ4v) is 3.18. The maximum absolute atomic E-state index is 4.76. The predicted molar refractivity (Wildman–Crippen MR) is 124 cm³/mol. The molecule has 0 bridgehead atoms. The molecule has 0 aliphatic carbocycles. The van der Waals surface area contributed by atoms with E-state index in [-0.39, 0.29) is 24.0 Å². The normalized spacial score (nSPS) is 12.9. The maximum atomic E-state index is 4.76. The number of rotatable bonds is 9. The number of aromatic nitrogens is 1. The molecule has 0 aliphatic rings. The van der Waals surface area contributed by atoms with Crippen LogP contribution in [0.25, 0.3) is 10.9 Å². The predicted octanol–water partition coefficient (Wildman–Crippen LogP) is 3.61. The Balaban J connectivity index is 0.00000338. The van der Waals surface area contributed by atoms with Crippen molar-refractivity contribution in [3.8, 4) is 0 Å². The van der Waals surface area contributed by atoms with E-state index in [0.717, 1.165) is 45.1 Å². The van der Waals surface area contributed by atoms with Gasteiger partial charge in [-0.1, -0.05) is 32.0 Å². The largest absolute Gasteiger partial charge is 0.361 e. The van der Waals surface area contributed by atoms with Crippen LogP contribution < -0.4 is 10.6 Å². The Morgan fingerprint density at radius 2 is 1.88 bits per heavy atom. The summed E-state index contributed by atoms with van der Waals surface area (Å²) in [5.74, 6) is 0.904. The molecule has 0 radical (unpaired) electrons. The summed E-state index contributed by atoms with van der Waals surface area (Å²) in [6, 6.07) is 8.90. The highest BCUT2D eigenvalue weighted by Crippen LogP contribution is 2.17. The third kappa shape index (κ3) is 6.46. The Bertz CT molecular complexity index is 663. The van der Waals surface area contributed by atoms with Crippen LogP contribution in [0.3, 0.4) is 0 Å². The minimum Gasteiger partial charge on any atom is -0.361 e. The molecule has 1 atom stereocenters. The Kier molecular flexibility index (Phi) is 10.7. The third-order valence-electron chi connectivity index (χ3n) is 4.66. The number of H-pyrrole nitrogens is 1. The Morgan fingerprint density at radius 3 is 2.58 bits per heavy atom. The molecule has 26 heavy (non-hydrogen) atoms. The minimum atomic E-state index is 0. The average Bonchev–Trinajstić information content (AvgIpc) is 3.04. The summed E-state index contributed by atoms with van der Waals surface area (Å²) < 4.78 is 0. The van der Waals surface area contributed by atoms with E-state index in [4.69, 9.17) is 4.99 Å². The van der Waals surface area contributed by atoms with Gasteiger partial charge in [0.05, 0.1) is 6.54 Å². The molecule has 2 aromatic rings. The average molecular weight is 471 g/mol. The number of aromatic amines is 1. The van der Waals surface area contributed by atoms with Crippen LogP contribution in [-0.4, -0.2) is 54.6 Å². The van der Waals surface area contributed by atoms with Crippen LogP contribution in [0.2, 0.25) is 0 Å². The first kappa shape index (κ1) is 22.8.